The zero-order chi connectivity index (χ0) is 43.8. The maximum atomic E-state index is 12.2. The number of nitrogens with one attached hydrogen (secondary N) is 3. The average molecular weight is 833 g/mol. The molecule has 0 radical (unpaired) electrons. The van der Waals surface area contributed by atoms with Crippen LogP contribution in [0.25, 0.3) is 0 Å². The second-order valence-electron chi connectivity index (χ2n) is 18.8. The van der Waals surface area contributed by atoms with Gasteiger partial charge in [-0.3, -0.25) is 10.1 Å². The number of carbonyl (C=O) groups excluding carboxylic acids is 3. The van der Waals surface area contributed by atoms with Gasteiger partial charge in [0.05, 0.1) is 4.92 Å². The highest BCUT2D eigenvalue weighted by Crippen LogP contribution is 2.29. The van der Waals surface area contributed by atoms with Crippen molar-refractivity contribution in [2.75, 3.05) is 13.1 Å². The molecule has 3 saturated carbocycles. The molecule has 3 fully saturated rings. The molecule has 0 aliphatic heterocycles. The first-order chi connectivity index (χ1) is 27.8. The van der Waals surface area contributed by atoms with E-state index in [0.717, 1.165) is 38.0 Å². The minimum Gasteiger partial charge on any atom is -0.444 e. The SMILES string of the molecule is CC(C)(C)OC(=O)N[C@H](CN)CC1CCCCC1.CC(C)(C)OC(=O)N[C@H](CNC(=O)Oc1ccc([N+](=O)[O-])cc1)CC1CCCCC1.CC[C@@H](N)CC1CCCCC1. The molecular formula is C45H80N6O8. The number of benzene rings is 1. The Morgan fingerprint density at radius 1 is 0.695 bits per heavy atom. The van der Waals surface area contributed by atoms with Gasteiger partial charge in [-0.2, -0.15) is 0 Å². The monoisotopic (exact) mass is 833 g/mol. The Bertz CT molecular complexity index is 1350. The highest BCUT2D eigenvalue weighted by atomic mass is 16.6. The van der Waals surface area contributed by atoms with Crippen molar-refractivity contribution in [3.8, 4) is 5.75 Å². The molecule has 7 N–H and O–H groups in total. The molecule has 0 unspecified atom stereocenters. The van der Waals surface area contributed by atoms with Crippen LogP contribution in [-0.2, 0) is 9.47 Å². The third-order valence-electron chi connectivity index (χ3n) is 11.0. The van der Waals surface area contributed by atoms with Gasteiger partial charge in [-0.05, 0) is 97.1 Å². The maximum Gasteiger partial charge on any atom is 0.412 e. The summed E-state index contributed by atoms with van der Waals surface area (Å²) in [5, 5.41) is 19.1. The van der Waals surface area contributed by atoms with E-state index in [1.807, 2.05) is 20.8 Å². The summed E-state index contributed by atoms with van der Waals surface area (Å²) in [5.41, 5.74) is 10.5. The van der Waals surface area contributed by atoms with Gasteiger partial charge < -0.3 is 41.6 Å². The van der Waals surface area contributed by atoms with Crippen LogP contribution in [0.4, 0.5) is 20.1 Å². The van der Waals surface area contributed by atoms with Gasteiger partial charge in [-0.25, -0.2) is 14.4 Å². The molecule has 3 aliphatic rings. The summed E-state index contributed by atoms with van der Waals surface area (Å²) in [6.07, 6.45) is 22.1. The standard InChI is InChI=1S/C21H31N3O6.C14H28N2O2.C10H21N/c1-21(2,3)30-20(26)23-16(13-15-7-5-4-6-8-15)14-22-19(25)29-18-11-9-17(10-12-18)24(27)28;1-14(2,3)18-13(17)16-12(10-15)9-11-7-5-4-6-8-11;1-2-10(11)8-9-6-4-3-5-7-9/h9-12,15-16H,4-8,13-14H2,1-3H3,(H,22,25)(H,23,26);11-12H,4-10,15H2,1-3H3,(H,16,17);9-10H,2-8,11H2,1H3/t16-;12-;10-/m001/s1. The van der Waals surface area contributed by atoms with Gasteiger partial charge >= 0.3 is 18.3 Å². The second-order valence-corrected chi connectivity index (χ2v) is 18.8. The average Bonchev–Trinajstić information content (AvgIpc) is 3.17. The van der Waals surface area contributed by atoms with Crippen LogP contribution < -0.4 is 32.2 Å². The van der Waals surface area contributed by atoms with E-state index in [1.54, 1.807) is 20.8 Å². The normalized spacial score (nSPS) is 18.3. The Morgan fingerprint density at radius 3 is 1.49 bits per heavy atom. The van der Waals surface area contributed by atoms with Crippen molar-refractivity contribution in [3.05, 3.63) is 34.4 Å². The summed E-state index contributed by atoms with van der Waals surface area (Å²) in [4.78, 5) is 46.2. The first kappa shape index (κ1) is 51.5. The summed E-state index contributed by atoms with van der Waals surface area (Å²) in [7, 11) is 0. The molecule has 14 nitrogen and oxygen atoms in total. The molecular weight excluding hydrogens is 753 g/mol. The molecule has 1 aromatic carbocycles. The van der Waals surface area contributed by atoms with Crippen molar-refractivity contribution in [3.63, 3.8) is 0 Å². The van der Waals surface area contributed by atoms with Crippen LogP contribution in [0.3, 0.4) is 0 Å². The van der Waals surface area contributed by atoms with Crippen molar-refractivity contribution in [2.45, 2.75) is 200 Å². The van der Waals surface area contributed by atoms with Crippen molar-refractivity contribution < 1.29 is 33.5 Å². The third kappa shape index (κ3) is 24.9. The molecule has 3 atom stereocenters. The Kier molecular flexibility index (Phi) is 23.8. The molecule has 0 bridgehead atoms. The number of amides is 3. The lowest BCUT2D eigenvalue weighted by Crippen LogP contribution is -2.47. The number of hydrogen-bond acceptors (Lipinski definition) is 10. The summed E-state index contributed by atoms with van der Waals surface area (Å²) in [6.45, 7) is 13.8. The smallest absolute Gasteiger partial charge is 0.412 e. The molecule has 4 rings (SSSR count). The number of carbonyl (C=O) groups is 3. The third-order valence-corrected chi connectivity index (χ3v) is 11.0. The van der Waals surface area contributed by atoms with E-state index >= 15 is 0 Å². The predicted molar refractivity (Wildman–Crippen MR) is 234 cm³/mol. The highest BCUT2D eigenvalue weighted by Gasteiger charge is 2.25. The summed E-state index contributed by atoms with van der Waals surface area (Å²) in [5.74, 6) is 2.36. The molecule has 1 aromatic rings. The Morgan fingerprint density at radius 2 is 1.10 bits per heavy atom. The molecule has 0 aromatic heterocycles. The van der Waals surface area contributed by atoms with E-state index in [0.29, 0.717) is 24.4 Å². The van der Waals surface area contributed by atoms with Crippen LogP contribution in [0, 0.1) is 27.9 Å². The van der Waals surface area contributed by atoms with E-state index in [9.17, 15) is 24.5 Å². The fourth-order valence-electron chi connectivity index (χ4n) is 8.01. The molecule has 338 valence electrons. The van der Waals surface area contributed by atoms with Gasteiger partial charge in [0, 0.05) is 43.3 Å². The number of rotatable bonds is 14. The first-order valence-electron chi connectivity index (χ1n) is 22.5. The summed E-state index contributed by atoms with van der Waals surface area (Å²) in [6, 6.07) is 5.47. The highest BCUT2D eigenvalue weighted by molar-refractivity contribution is 5.71. The second kappa shape index (κ2) is 27.2. The largest absolute Gasteiger partial charge is 0.444 e. The van der Waals surface area contributed by atoms with E-state index in [1.165, 1.54) is 114 Å². The zero-order valence-electron chi connectivity index (χ0n) is 37.5. The van der Waals surface area contributed by atoms with Crippen LogP contribution in [0.5, 0.6) is 5.75 Å². The lowest BCUT2D eigenvalue weighted by atomic mass is 9.84. The van der Waals surface area contributed by atoms with Gasteiger partial charge in [-0.1, -0.05) is 103 Å². The van der Waals surface area contributed by atoms with E-state index in [-0.39, 0.29) is 36.2 Å². The van der Waals surface area contributed by atoms with Crippen LogP contribution in [0.15, 0.2) is 24.3 Å². The van der Waals surface area contributed by atoms with Gasteiger partial charge in [0.1, 0.15) is 17.0 Å². The van der Waals surface area contributed by atoms with Crippen molar-refractivity contribution >= 4 is 24.0 Å². The van der Waals surface area contributed by atoms with Crippen molar-refractivity contribution in [1.82, 2.24) is 16.0 Å². The molecule has 0 saturated heterocycles. The van der Waals surface area contributed by atoms with Gasteiger partial charge in [0.15, 0.2) is 0 Å². The first-order valence-corrected chi connectivity index (χ1v) is 22.5. The predicted octanol–water partition coefficient (Wildman–Crippen LogP) is 10.0. The molecule has 3 aliphatic carbocycles. The quantitative estimate of drug-likeness (QED) is 0.0884. The topological polar surface area (TPSA) is 210 Å². The minimum atomic E-state index is -0.691. The molecule has 14 heteroatoms. The van der Waals surface area contributed by atoms with Crippen LogP contribution in [0.1, 0.15) is 170 Å². The number of nitro benzene ring substituents is 1. The number of nitrogens with two attached hydrogens (primary N) is 2. The van der Waals surface area contributed by atoms with Crippen molar-refractivity contribution in [2.24, 2.45) is 29.2 Å². The lowest BCUT2D eigenvalue weighted by molar-refractivity contribution is -0.384. The van der Waals surface area contributed by atoms with E-state index in [4.69, 9.17) is 25.7 Å². The number of nitro groups is 1. The van der Waals surface area contributed by atoms with Gasteiger partial charge in [0.2, 0.25) is 0 Å². The summed E-state index contributed by atoms with van der Waals surface area (Å²) < 4.78 is 15.8. The summed E-state index contributed by atoms with van der Waals surface area (Å²) >= 11 is 0. The number of nitrogens with zero attached hydrogens (tertiary/aromatic N) is 1. The Hall–Kier alpha value is -3.65. The molecule has 59 heavy (non-hydrogen) atoms. The number of ether oxygens (including phenoxy) is 3. The number of hydrogen-bond donors (Lipinski definition) is 5. The molecule has 0 heterocycles. The fourth-order valence-corrected chi connectivity index (χ4v) is 8.01. The lowest BCUT2D eigenvalue weighted by Gasteiger charge is -2.28. The van der Waals surface area contributed by atoms with E-state index < -0.39 is 28.3 Å². The Labute approximate surface area is 354 Å². The van der Waals surface area contributed by atoms with Gasteiger partial charge in [-0.15, -0.1) is 0 Å². The molecule has 0 spiro atoms. The van der Waals surface area contributed by atoms with Crippen molar-refractivity contribution in [1.29, 1.82) is 0 Å². The number of non-ortho nitro benzene ring substituents is 1. The zero-order valence-corrected chi connectivity index (χ0v) is 37.5. The van der Waals surface area contributed by atoms with Crippen LogP contribution >= 0.6 is 0 Å². The van der Waals surface area contributed by atoms with Crippen LogP contribution in [0.2, 0.25) is 0 Å². The van der Waals surface area contributed by atoms with Crippen LogP contribution in [-0.4, -0.2) is 65.6 Å². The van der Waals surface area contributed by atoms with Gasteiger partial charge in [0.25, 0.3) is 5.69 Å². The minimum absolute atomic E-state index is 0.0444. The molecule has 3 amide bonds. The number of alkyl carbamates (subject to hydrolysis) is 2. The fraction of sp³-hybridized carbons (Fsp3) is 0.800. The Balaban J connectivity index is 0.000000347. The van der Waals surface area contributed by atoms with E-state index in [2.05, 4.69) is 22.9 Å². The maximum absolute atomic E-state index is 12.2.